The molecule has 0 aliphatic rings. The Bertz CT molecular complexity index is 778. The second kappa shape index (κ2) is 4.86. The van der Waals surface area contributed by atoms with Gasteiger partial charge in [-0.15, -0.1) is 0 Å². The van der Waals surface area contributed by atoms with E-state index < -0.39 is 0 Å². The average molecular weight is 271 g/mol. The SMILES string of the molecule is O=c1[nH]c(Cc2ccc(Cl)cc2)nc2ccccc12. The summed E-state index contributed by atoms with van der Waals surface area (Å²) in [5, 5.41) is 1.31. The standard InChI is InChI=1S/C15H11ClN2O/c16-11-7-5-10(6-8-11)9-14-17-13-4-2-1-3-12(13)15(19)18-14/h1-8H,9H2,(H,17,18,19). The number of hydrogen-bond donors (Lipinski definition) is 1. The fourth-order valence-corrected chi connectivity index (χ4v) is 2.14. The molecular weight excluding hydrogens is 260 g/mol. The molecule has 0 fully saturated rings. The summed E-state index contributed by atoms with van der Waals surface area (Å²) in [7, 11) is 0. The Hall–Kier alpha value is -2.13. The van der Waals surface area contributed by atoms with Gasteiger partial charge in [0.2, 0.25) is 0 Å². The van der Waals surface area contributed by atoms with Gasteiger partial charge in [0.25, 0.3) is 5.56 Å². The highest BCUT2D eigenvalue weighted by atomic mass is 35.5. The fraction of sp³-hybridized carbons (Fsp3) is 0.0667. The molecule has 0 unspecified atom stereocenters. The largest absolute Gasteiger partial charge is 0.310 e. The van der Waals surface area contributed by atoms with Crippen LogP contribution < -0.4 is 5.56 Å². The molecule has 1 heterocycles. The van der Waals surface area contributed by atoms with Crippen molar-refractivity contribution in [3.8, 4) is 0 Å². The first-order valence-electron chi connectivity index (χ1n) is 5.95. The van der Waals surface area contributed by atoms with Crippen molar-refractivity contribution in [1.29, 1.82) is 0 Å². The van der Waals surface area contributed by atoms with Crippen molar-refractivity contribution in [2.75, 3.05) is 0 Å². The lowest BCUT2D eigenvalue weighted by Gasteiger charge is -2.03. The van der Waals surface area contributed by atoms with Crippen molar-refractivity contribution >= 4 is 22.5 Å². The number of aromatic nitrogens is 2. The van der Waals surface area contributed by atoms with Gasteiger partial charge in [0.05, 0.1) is 10.9 Å². The van der Waals surface area contributed by atoms with Crippen molar-refractivity contribution in [2.24, 2.45) is 0 Å². The predicted molar refractivity (Wildman–Crippen MR) is 76.6 cm³/mol. The highest BCUT2D eigenvalue weighted by Gasteiger charge is 2.04. The molecule has 94 valence electrons. The van der Waals surface area contributed by atoms with Gasteiger partial charge in [0.15, 0.2) is 0 Å². The summed E-state index contributed by atoms with van der Waals surface area (Å²) in [6.45, 7) is 0. The van der Waals surface area contributed by atoms with E-state index in [2.05, 4.69) is 9.97 Å². The maximum absolute atomic E-state index is 11.9. The second-order valence-electron chi connectivity index (χ2n) is 4.33. The first-order chi connectivity index (χ1) is 9.22. The third kappa shape index (κ3) is 2.51. The molecule has 3 aromatic rings. The lowest BCUT2D eigenvalue weighted by atomic mass is 10.1. The number of fused-ring (bicyclic) bond motifs is 1. The van der Waals surface area contributed by atoms with E-state index in [1.807, 2.05) is 42.5 Å². The Morgan fingerprint density at radius 2 is 1.79 bits per heavy atom. The van der Waals surface area contributed by atoms with Crippen LogP contribution in [0.4, 0.5) is 0 Å². The summed E-state index contributed by atoms with van der Waals surface area (Å²) < 4.78 is 0. The average Bonchev–Trinajstić information content (AvgIpc) is 2.42. The van der Waals surface area contributed by atoms with Gasteiger partial charge in [0.1, 0.15) is 5.82 Å². The summed E-state index contributed by atoms with van der Waals surface area (Å²) in [5.41, 5.74) is 1.67. The van der Waals surface area contributed by atoms with Crippen LogP contribution in [0.2, 0.25) is 5.02 Å². The van der Waals surface area contributed by atoms with Gasteiger partial charge in [-0.05, 0) is 29.8 Å². The number of nitrogens with zero attached hydrogens (tertiary/aromatic N) is 1. The van der Waals surface area contributed by atoms with Crippen molar-refractivity contribution in [3.63, 3.8) is 0 Å². The van der Waals surface area contributed by atoms with E-state index in [0.29, 0.717) is 22.7 Å². The lowest BCUT2D eigenvalue weighted by Crippen LogP contribution is -2.12. The molecule has 1 aromatic heterocycles. The summed E-state index contributed by atoms with van der Waals surface area (Å²) in [4.78, 5) is 19.2. The normalized spacial score (nSPS) is 10.8. The van der Waals surface area contributed by atoms with E-state index in [1.54, 1.807) is 6.07 Å². The zero-order valence-corrected chi connectivity index (χ0v) is 10.8. The minimum absolute atomic E-state index is 0.102. The van der Waals surface area contributed by atoms with Crippen LogP contribution in [-0.4, -0.2) is 9.97 Å². The number of rotatable bonds is 2. The third-order valence-corrected chi connectivity index (χ3v) is 3.20. The summed E-state index contributed by atoms with van der Waals surface area (Å²) in [6.07, 6.45) is 0.581. The molecule has 1 N–H and O–H groups in total. The molecule has 3 rings (SSSR count). The molecule has 0 atom stereocenters. The second-order valence-corrected chi connectivity index (χ2v) is 4.77. The number of hydrogen-bond acceptors (Lipinski definition) is 2. The molecule has 0 saturated heterocycles. The van der Waals surface area contributed by atoms with Crippen molar-refractivity contribution in [1.82, 2.24) is 9.97 Å². The van der Waals surface area contributed by atoms with E-state index in [1.165, 1.54) is 0 Å². The third-order valence-electron chi connectivity index (χ3n) is 2.95. The van der Waals surface area contributed by atoms with Gasteiger partial charge in [-0.3, -0.25) is 4.79 Å². The molecule has 19 heavy (non-hydrogen) atoms. The molecule has 0 spiro atoms. The molecule has 0 bridgehead atoms. The van der Waals surface area contributed by atoms with Crippen LogP contribution in [0.5, 0.6) is 0 Å². The molecule has 4 heteroatoms. The quantitative estimate of drug-likeness (QED) is 0.777. The van der Waals surface area contributed by atoms with E-state index in [0.717, 1.165) is 11.1 Å². The van der Waals surface area contributed by atoms with Gasteiger partial charge in [-0.1, -0.05) is 35.9 Å². The van der Waals surface area contributed by atoms with Gasteiger partial charge >= 0.3 is 0 Å². The number of aromatic amines is 1. The number of benzene rings is 2. The minimum atomic E-state index is -0.102. The monoisotopic (exact) mass is 270 g/mol. The minimum Gasteiger partial charge on any atom is -0.310 e. The Morgan fingerprint density at radius 3 is 2.58 bits per heavy atom. The van der Waals surface area contributed by atoms with E-state index >= 15 is 0 Å². The molecule has 2 aromatic carbocycles. The summed E-state index contributed by atoms with van der Waals surface area (Å²) >= 11 is 5.84. The smallest absolute Gasteiger partial charge is 0.258 e. The molecule has 0 saturated carbocycles. The molecule has 0 radical (unpaired) electrons. The lowest BCUT2D eigenvalue weighted by molar-refractivity contribution is 0.973. The molecule has 0 amide bonds. The van der Waals surface area contributed by atoms with Crippen LogP contribution in [0.1, 0.15) is 11.4 Å². The molecule has 0 aliphatic heterocycles. The molecular formula is C15H11ClN2O. The Labute approximate surface area is 114 Å². The van der Waals surface area contributed by atoms with Crippen LogP contribution in [0.25, 0.3) is 10.9 Å². The Morgan fingerprint density at radius 1 is 1.05 bits per heavy atom. The van der Waals surface area contributed by atoms with Crippen molar-refractivity contribution in [2.45, 2.75) is 6.42 Å². The van der Waals surface area contributed by atoms with Crippen LogP contribution >= 0.6 is 11.6 Å². The Balaban J connectivity index is 2.01. The van der Waals surface area contributed by atoms with Gasteiger partial charge in [0, 0.05) is 11.4 Å². The number of H-pyrrole nitrogens is 1. The first kappa shape index (κ1) is 11.9. The zero-order chi connectivity index (χ0) is 13.2. The highest BCUT2D eigenvalue weighted by molar-refractivity contribution is 6.30. The number of nitrogens with one attached hydrogen (secondary N) is 1. The van der Waals surface area contributed by atoms with Crippen LogP contribution in [-0.2, 0) is 6.42 Å². The van der Waals surface area contributed by atoms with Crippen LogP contribution in [0.15, 0.2) is 53.3 Å². The number of halogens is 1. The summed E-state index contributed by atoms with van der Waals surface area (Å²) in [5.74, 6) is 0.658. The van der Waals surface area contributed by atoms with Crippen LogP contribution in [0, 0.1) is 0 Å². The van der Waals surface area contributed by atoms with E-state index in [9.17, 15) is 4.79 Å². The number of para-hydroxylation sites is 1. The first-order valence-corrected chi connectivity index (χ1v) is 6.32. The van der Waals surface area contributed by atoms with Gasteiger partial charge in [-0.2, -0.15) is 0 Å². The maximum atomic E-state index is 11.9. The van der Waals surface area contributed by atoms with Crippen molar-refractivity contribution < 1.29 is 0 Å². The van der Waals surface area contributed by atoms with Gasteiger partial charge in [-0.25, -0.2) is 4.98 Å². The van der Waals surface area contributed by atoms with Crippen LogP contribution in [0.3, 0.4) is 0 Å². The summed E-state index contributed by atoms with van der Waals surface area (Å²) in [6, 6.07) is 14.8. The van der Waals surface area contributed by atoms with E-state index in [-0.39, 0.29) is 5.56 Å². The predicted octanol–water partition coefficient (Wildman–Crippen LogP) is 3.17. The van der Waals surface area contributed by atoms with Crippen molar-refractivity contribution in [3.05, 3.63) is 75.3 Å². The zero-order valence-electron chi connectivity index (χ0n) is 10.1. The fourth-order valence-electron chi connectivity index (χ4n) is 2.01. The maximum Gasteiger partial charge on any atom is 0.258 e. The Kier molecular flexibility index (Phi) is 3.05. The van der Waals surface area contributed by atoms with Gasteiger partial charge < -0.3 is 4.98 Å². The molecule has 0 aliphatic carbocycles. The molecule has 3 nitrogen and oxygen atoms in total. The van der Waals surface area contributed by atoms with E-state index in [4.69, 9.17) is 11.6 Å². The highest BCUT2D eigenvalue weighted by Crippen LogP contribution is 2.12. The topological polar surface area (TPSA) is 45.8 Å².